The smallest absolute Gasteiger partial charge is 0.312 e. The number of hydrogen-bond acceptors (Lipinski definition) is 5. The highest BCUT2D eigenvalue weighted by atomic mass is 19.1. The summed E-state index contributed by atoms with van der Waals surface area (Å²) in [5.41, 5.74) is 1.72. The SMILES string of the molecule is CC(O)n1cnc2c(NCc3ccccc3)nc(F)nc21. The molecule has 0 amide bonds. The van der Waals surface area contributed by atoms with Gasteiger partial charge in [0.05, 0.1) is 6.33 Å². The standard InChI is InChI=1S/C14H14FN5O/c1-9(21)20-8-17-11-12(18-14(15)19-13(11)20)16-7-10-5-3-2-4-6-10/h2-6,8-9,21H,7H2,1H3,(H,16,18,19). The maximum atomic E-state index is 13.6. The summed E-state index contributed by atoms with van der Waals surface area (Å²) in [5.74, 6) is 0.306. The van der Waals surface area contributed by atoms with Crippen molar-refractivity contribution in [3.8, 4) is 0 Å². The van der Waals surface area contributed by atoms with Crippen LogP contribution < -0.4 is 5.32 Å². The molecule has 0 radical (unpaired) electrons. The van der Waals surface area contributed by atoms with Gasteiger partial charge in [-0.15, -0.1) is 0 Å². The van der Waals surface area contributed by atoms with Crippen LogP contribution in [0.3, 0.4) is 0 Å². The van der Waals surface area contributed by atoms with Gasteiger partial charge in [0.25, 0.3) is 0 Å². The minimum Gasteiger partial charge on any atom is -0.373 e. The van der Waals surface area contributed by atoms with Crippen LogP contribution in [-0.2, 0) is 6.54 Å². The van der Waals surface area contributed by atoms with Gasteiger partial charge in [0.1, 0.15) is 6.23 Å². The molecule has 0 bridgehead atoms. The molecule has 0 aliphatic carbocycles. The van der Waals surface area contributed by atoms with Crippen molar-refractivity contribution in [3.05, 3.63) is 48.3 Å². The Morgan fingerprint density at radius 1 is 1.29 bits per heavy atom. The predicted molar refractivity (Wildman–Crippen MR) is 76.0 cm³/mol. The van der Waals surface area contributed by atoms with Gasteiger partial charge in [-0.05, 0) is 12.5 Å². The Labute approximate surface area is 120 Å². The summed E-state index contributed by atoms with van der Waals surface area (Å²) < 4.78 is 14.9. The van der Waals surface area contributed by atoms with E-state index < -0.39 is 12.3 Å². The Morgan fingerprint density at radius 2 is 2.05 bits per heavy atom. The van der Waals surface area contributed by atoms with E-state index in [1.807, 2.05) is 30.3 Å². The molecule has 3 aromatic rings. The number of anilines is 1. The molecule has 0 saturated heterocycles. The van der Waals surface area contributed by atoms with Gasteiger partial charge in [0.2, 0.25) is 0 Å². The zero-order chi connectivity index (χ0) is 14.8. The van der Waals surface area contributed by atoms with E-state index in [-0.39, 0.29) is 5.65 Å². The van der Waals surface area contributed by atoms with Crippen molar-refractivity contribution in [2.24, 2.45) is 0 Å². The highest BCUT2D eigenvalue weighted by Gasteiger charge is 2.15. The van der Waals surface area contributed by atoms with Crippen molar-refractivity contribution in [1.82, 2.24) is 19.5 Å². The molecule has 2 aromatic heterocycles. The molecule has 7 heteroatoms. The fourth-order valence-corrected chi connectivity index (χ4v) is 2.07. The molecule has 1 aromatic carbocycles. The number of rotatable bonds is 4. The molecule has 108 valence electrons. The second-order valence-corrected chi connectivity index (χ2v) is 4.64. The number of aromatic nitrogens is 4. The van der Waals surface area contributed by atoms with E-state index in [9.17, 15) is 9.50 Å². The van der Waals surface area contributed by atoms with Gasteiger partial charge in [-0.3, -0.25) is 4.57 Å². The number of hydrogen-bond donors (Lipinski definition) is 2. The van der Waals surface area contributed by atoms with E-state index in [0.29, 0.717) is 17.9 Å². The molecule has 2 heterocycles. The highest BCUT2D eigenvalue weighted by molar-refractivity contribution is 5.82. The zero-order valence-corrected chi connectivity index (χ0v) is 11.4. The molecule has 2 N–H and O–H groups in total. The summed E-state index contributed by atoms with van der Waals surface area (Å²) in [6.45, 7) is 2.05. The van der Waals surface area contributed by atoms with Gasteiger partial charge in [-0.2, -0.15) is 14.4 Å². The van der Waals surface area contributed by atoms with Crippen LogP contribution >= 0.6 is 0 Å². The molecule has 0 spiro atoms. The first-order chi connectivity index (χ1) is 10.1. The van der Waals surface area contributed by atoms with Crippen LogP contribution in [0.4, 0.5) is 10.2 Å². The van der Waals surface area contributed by atoms with Gasteiger partial charge in [-0.25, -0.2) is 4.98 Å². The first kappa shape index (κ1) is 13.4. The summed E-state index contributed by atoms with van der Waals surface area (Å²) in [5, 5.41) is 12.7. The third-order valence-corrected chi connectivity index (χ3v) is 3.10. The summed E-state index contributed by atoms with van der Waals surface area (Å²) in [6.07, 6.45) is -0.288. The third-order valence-electron chi connectivity index (χ3n) is 3.10. The molecule has 1 unspecified atom stereocenters. The minimum absolute atomic E-state index is 0.257. The lowest BCUT2D eigenvalue weighted by atomic mass is 10.2. The Kier molecular flexibility index (Phi) is 3.49. The summed E-state index contributed by atoms with van der Waals surface area (Å²) >= 11 is 0. The maximum absolute atomic E-state index is 13.6. The number of aliphatic hydroxyl groups is 1. The molecule has 0 aliphatic rings. The Bertz CT molecular complexity index is 757. The molecule has 0 aliphatic heterocycles. The first-order valence-electron chi connectivity index (χ1n) is 6.51. The Balaban J connectivity index is 1.95. The Hall–Kier alpha value is -2.54. The first-order valence-corrected chi connectivity index (χ1v) is 6.51. The number of halogens is 1. The average Bonchev–Trinajstić information content (AvgIpc) is 2.89. The van der Waals surface area contributed by atoms with Gasteiger partial charge in [-0.1, -0.05) is 30.3 Å². The van der Waals surface area contributed by atoms with Crippen molar-refractivity contribution in [2.45, 2.75) is 19.7 Å². The highest BCUT2D eigenvalue weighted by Crippen LogP contribution is 2.21. The van der Waals surface area contributed by atoms with Crippen LogP contribution in [0.25, 0.3) is 11.2 Å². The zero-order valence-electron chi connectivity index (χ0n) is 11.4. The lowest BCUT2D eigenvalue weighted by Gasteiger charge is -2.08. The van der Waals surface area contributed by atoms with Crippen LogP contribution in [-0.4, -0.2) is 24.6 Å². The van der Waals surface area contributed by atoms with Crippen LogP contribution in [0.1, 0.15) is 18.7 Å². The van der Waals surface area contributed by atoms with Crippen LogP contribution in [0, 0.1) is 6.08 Å². The second kappa shape index (κ2) is 5.45. The molecule has 0 saturated carbocycles. The van der Waals surface area contributed by atoms with Gasteiger partial charge in [0, 0.05) is 6.54 Å². The lowest BCUT2D eigenvalue weighted by Crippen LogP contribution is -2.07. The van der Waals surface area contributed by atoms with Crippen molar-refractivity contribution < 1.29 is 9.50 Å². The van der Waals surface area contributed by atoms with Crippen LogP contribution in [0.5, 0.6) is 0 Å². The quantitative estimate of drug-likeness (QED) is 0.719. The lowest BCUT2D eigenvalue weighted by molar-refractivity contribution is 0.128. The van der Waals surface area contributed by atoms with Crippen molar-refractivity contribution in [1.29, 1.82) is 0 Å². The monoisotopic (exact) mass is 287 g/mol. The number of benzene rings is 1. The van der Waals surface area contributed by atoms with Gasteiger partial charge in [0.15, 0.2) is 17.0 Å². The van der Waals surface area contributed by atoms with Crippen molar-refractivity contribution in [3.63, 3.8) is 0 Å². The number of nitrogens with zero attached hydrogens (tertiary/aromatic N) is 4. The maximum Gasteiger partial charge on any atom is 0.312 e. The molecule has 0 fully saturated rings. The van der Waals surface area contributed by atoms with E-state index in [1.54, 1.807) is 6.92 Å². The topological polar surface area (TPSA) is 75.9 Å². The fourth-order valence-electron chi connectivity index (χ4n) is 2.07. The fraction of sp³-hybridized carbons (Fsp3) is 0.214. The van der Waals surface area contributed by atoms with Crippen LogP contribution in [0.15, 0.2) is 36.7 Å². The summed E-state index contributed by atoms with van der Waals surface area (Å²) in [4.78, 5) is 11.6. The second-order valence-electron chi connectivity index (χ2n) is 4.64. The molecular formula is C14H14FN5O. The van der Waals surface area contributed by atoms with E-state index in [0.717, 1.165) is 5.56 Å². The molecule has 3 rings (SSSR count). The minimum atomic E-state index is -0.861. The summed E-state index contributed by atoms with van der Waals surface area (Å²) in [7, 11) is 0. The van der Waals surface area contributed by atoms with E-state index in [2.05, 4.69) is 20.3 Å². The van der Waals surface area contributed by atoms with Gasteiger partial charge >= 0.3 is 6.08 Å². The number of aliphatic hydroxyl groups excluding tert-OH is 1. The van der Waals surface area contributed by atoms with E-state index in [1.165, 1.54) is 10.9 Å². The van der Waals surface area contributed by atoms with Gasteiger partial charge < -0.3 is 10.4 Å². The largest absolute Gasteiger partial charge is 0.373 e. The van der Waals surface area contributed by atoms with Crippen molar-refractivity contribution >= 4 is 17.0 Å². The van der Waals surface area contributed by atoms with Crippen molar-refractivity contribution in [2.75, 3.05) is 5.32 Å². The number of imidazole rings is 1. The normalized spacial score (nSPS) is 12.5. The predicted octanol–water partition coefficient (Wildman–Crippen LogP) is 2.09. The molecule has 21 heavy (non-hydrogen) atoms. The summed E-state index contributed by atoms with van der Waals surface area (Å²) in [6, 6.07) is 9.69. The number of nitrogens with one attached hydrogen (secondary N) is 1. The molecule has 1 atom stereocenters. The number of fused-ring (bicyclic) bond motifs is 1. The Morgan fingerprint density at radius 3 is 2.76 bits per heavy atom. The van der Waals surface area contributed by atoms with E-state index in [4.69, 9.17) is 0 Å². The van der Waals surface area contributed by atoms with E-state index >= 15 is 0 Å². The molecular weight excluding hydrogens is 273 g/mol. The average molecular weight is 287 g/mol. The van der Waals surface area contributed by atoms with Crippen LogP contribution in [0.2, 0.25) is 0 Å². The third kappa shape index (κ3) is 2.68. The molecule has 6 nitrogen and oxygen atoms in total.